The molecular formula is C14H22N2O2. The number of hydrogen-bond donors (Lipinski definition) is 2. The summed E-state index contributed by atoms with van der Waals surface area (Å²) in [6.45, 7) is 6.16. The van der Waals surface area contributed by atoms with Crippen LogP contribution in [-0.2, 0) is 13.0 Å². The Morgan fingerprint density at radius 2 is 2.11 bits per heavy atom. The minimum Gasteiger partial charge on any atom is -0.495 e. The Morgan fingerprint density at radius 3 is 2.72 bits per heavy atom. The summed E-state index contributed by atoms with van der Waals surface area (Å²) in [6.07, 6.45) is 0.974. The van der Waals surface area contributed by atoms with Gasteiger partial charge in [-0.2, -0.15) is 0 Å². The van der Waals surface area contributed by atoms with Crippen LogP contribution in [0.5, 0.6) is 5.75 Å². The maximum atomic E-state index is 9.87. The monoisotopic (exact) mass is 250 g/mol. The summed E-state index contributed by atoms with van der Waals surface area (Å²) in [6, 6.07) is 4.02. The van der Waals surface area contributed by atoms with Crippen LogP contribution in [-0.4, -0.2) is 35.8 Å². The van der Waals surface area contributed by atoms with Gasteiger partial charge in [-0.05, 0) is 43.5 Å². The average molecular weight is 250 g/mol. The third kappa shape index (κ3) is 2.94. The quantitative estimate of drug-likeness (QED) is 0.796. The summed E-state index contributed by atoms with van der Waals surface area (Å²) in [5, 5.41) is 9.87. The molecule has 0 unspecified atom stereocenters. The number of hydrogen-bond acceptors (Lipinski definition) is 4. The van der Waals surface area contributed by atoms with Crippen molar-refractivity contribution in [3.8, 4) is 5.75 Å². The normalized spacial score (nSPS) is 16.4. The number of anilines is 1. The van der Waals surface area contributed by atoms with Crippen molar-refractivity contribution in [3.63, 3.8) is 0 Å². The number of β-amino-alcohol motifs (C(OH)–C–C–N with tert-alkyl or cyclic N) is 1. The van der Waals surface area contributed by atoms with Crippen LogP contribution in [0.25, 0.3) is 0 Å². The molecule has 1 heterocycles. The first-order valence-electron chi connectivity index (χ1n) is 6.29. The van der Waals surface area contributed by atoms with Crippen molar-refractivity contribution in [1.82, 2.24) is 4.90 Å². The Balaban J connectivity index is 2.17. The largest absolute Gasteiger partial charge is 0.495 e. The van der Waals surface area contributed by atoms with Gasteiger partial charge in [0.2, 0.25) is 0 Å². The number of ether oxygens (including phenoxy) is 1. The molecule has 0 aromatic heterocycles. The molecule has 0 amide bonds. The summed E-state index contributed by atoms with van der Waals surface area (Å²) in [4.78, 5) is 2.26. The van der Waals surface area contributed by atoms with E-state index < -0.39 is 5.60 Å². The number of nitrogens with zero attached hydrogens (tertiary/aromatic N) is 1. The third-order valence-corrected chi connectivity index (χ3v) is 3.25. The minimum atomic E-state index is -0.657. The molecule has 4 heteroatoms. The zero-order valence-corrected chi connectivity index (χ0v) is 11.4. The molecule has 4 nitrogen and oxygen atoms in total. The first-order valence-corrected chi connectivity index (χ1v) is 6.29. The molecule has 1 aliphatic rings. The molecule has 1 aromatic carbocycles. The zero-order chi connectivity index (χ0) is 13.3. The molecule has 0 atom stereocenters. The molecule has 0 fully saturated rings. The highest BCUT2D eigenvalue weighted by atomic mass is 16.5. The van der Waals surface area contributed by atoms with E-state index in [1.54, 1.807) is 7.11 Å². The summed E-state index contributed by atoms with van der Waals surface area (Å²) in [5.41, 5.74) is 8.50. The molecule has 0 spiro atoms. The van der Waals surface area contributed by atoms with E-state index in [4.69, 9.17) is 10.5 Å². The smallest absolute Gasteiger partial charge is 0.142 e. The highest BCUT2D eigenvalue weighted by Crippen LogP contribution is 2.29. The first-order chi connectivity index (χ1) is 8.39. The minimum absolute atomic E-state index is 0.657. The predicted molar refractivity (Wildman–Crippen MR) is 72.7 cm³/mol. The van der Waals surface area contributed by atoms with Gasteiger partial charge in [0.15, 0.2) is 0 Å². The number of nitrogens with two attached hydrogens (primary N) is 1. The Morgan fingerprint density at radius 1 is 1.39 bits per heavy atom. The number of methoxy groups -OCH3 is 1. The molecule has 0 aliphatic carbocycles. The topological polar surface area (TPSA) is 58.7 Å². The molecule has 2 rings (SSSR count). The number of fused-ring (bicyclic) bond motifs is 1. The van der Waals surface area contributed by atoms with E-state index in [1.807, 2.05) is 26.0 Å². The molecular weight excluding hydrogens is 228 g/mol. The van der Waals surface area contributed by atoms with Crippen molar-refractivity contribution in [2.24, 2.45) is 0 Å². The van der Waals surface area contributed by atoms with Gasteiger partial charge in [0.1, 0.15) is 5.75 Å². The molecule has 0 saturated carbocycles. The van der Waals surface area contributed by atoms with E-state index in [9.17, 15) is 5.11 Å². The maximum Gasteiger partial charge on any atom is 0.142 e. The predicted octanol–water partition coefficient (Wildman–Crippen LogP) is 1.41. The average Bonchev–Trinajstić information content (AvgIpc) is 2.25. The number of rotatable bonds is 3. The van der Waals surface area contributed by atoms with Gasteiger partial charge in [0.25, 0.3) is 0 Å². The van der Waals surface area contributed by atoms with Gasteiger partial charge >= 0.3 is 0 Å². The van der Waals surface area contributed by atoms with E-state index in [0.717, 1.165) is 25.3 Å². The lowest BCUT2D eigenvalue weighted by Gasteiger charge is -2.33. The Kier molecular flexibility index (Phi) is 3.50. The summed E-state index contributed by atoms with van der Waals surface area (Å²) >= 11 is 0. The van der Waals surface area contributed by atoms with Gasteiger partial charge in [-0.3, -0.25) is 4.90 Å². The Bertz CT molecular complexity index is 438. The molecule has 100 valence electrons. The number of nitrogen functional groups attached to an aromatic ring is 1. The van der Waals surface area contributed by atoms with Gasteiger partial charge in [-0.1, -0.05) is 0 Å². The Labute approximate surface area is 108 Å². The second-order valence-electron chi connectivity index (χ2n) is 5.64. The van der Waals surface area contributed by atoms with Gasteiger partial charge in [-0.15, -0.1) is 0 Å². The fourth-order valence-corrected chi connectivity index (χ4v) is 2.52. The highest BCUT2D eigenvalue weighted by molar-refractivity contribution is 5.57. The third-order valence-electron chi connectivity index (χ3n) is 3.25. The fraction of sp³-hybridized carbons (Fsp3) is 0.571. The summed E-state index contributed by atoms with van der Waals surface area (Å²) in [5.74, 6) is 0.754. The SMILES string of the molecule is COc1cc2c(cc1N)CN(CC(C)(C)O)CC2. The summed E-state index contributed by atoms with van der Waals surface area (Å²) < 4.78 is 5.24. The van der Waals surface area contributed by atoms with E-state index in [2.05, 4.69) is 4.90 Å². The number of aliphatic hydroxyl groups is 1. The van der Waals surface area contributed by atoms with Gasteiger partial charge < -0.3 is 15.6 Å². The van der Waals surface area contributed by atoms with E-state index >= 15 is 0 Å². The molecule has 3 N–H and O–H groups in total. The Hall–Kier alpha value is -1.26. The van der Waals surface area contributed by atoms with E-state index in [0.29, 0.717) is 12.2 Å². The van der Waals surface area contributed by atoms with Crippen LogP contribution in [0.2, 0.25) is 0 Å². The van der Waals surface area contributed by atoms with Crippen molar-refractivity contribution >= 4 is 5.69 Å². The van der Waals surface area contributed by atoms with Gasteiger partial charge in [0, 0.05) is 19.6 Å². The van der Waals surface area contributed by atoms with Crippen molar-refractivity contribution in [2.45, 2.75) is 32.4 Å². The first kappa shape index (κ1) is 13.2. The van der Waals surface area contributed by atoms with Crippen molar-refractivity contribution in [1.29, 1.82) is 0 Å². The maximum absolute atomic E-state index is 9.87. The van der Waals surface area contributed by atoms with Crippen LogP contribution in [0.4, 0.5) is 5.69 Å². The lowest BCUT2D eigenvalue weighted by Crippen LogP contribution is -2.41. The molecule has 1 aliphatic heterocycles. The number of benzene rings is 1. The zero-order valence-electron chi connectivity index (χ0n) is 11.4. The van der Waals surface area contributed by atoms with Crippen LogP contribution in [0.3, 0.4) is 0 Å². The van der Waals surface area contributed by atoms with Crippen molar-refractivity contribution in [2.75, 3.05) is 25.9 Å². The standard InChI is InChI=1S/C14H22N2O2/c1-14(2,17)9-16-5-4-10-7-13(18-3)12(15)6-11(10)8-16/h6-7,17H,4-5,8-9,15H2,1-3H3. The van der Waals surface area contributed by atoms with Crippen LogP contribution >= 0.6 is 0 Å². The molecule has 0 saturated heterocycles. The second kappa shape index (κ2) is 4.78. The summed E-state index contributed by atoms with van der Waals surface area (Å²) in [7, 11) is 1.64. The second-order valence-corrected chi connectivity index (χ2v) is 5.64. The van der Waals surface area contributed by atoms with E-state index in [1.165, 1.54) is 11.1 Å². The van der Waals surface area contributed by atoms with Crippen molar-refractivity contribution < 1.29 is 9.84 Å². The molecule has 0 radical (unpaired) electrons. The lowest BCUT2D eigenvalue weighted by molar-refractivity contribution is 0.0317. The van der Waals surface area contributed by atoms with Crippen LogP contribution in [0.1, 0.15) is 25.0 Å². The highest BCUT2D eigenvalue weighted by Gasteiger charge is 2.23. The van der Waals surface area contributed by atoms with Crippen molar-refractivity contribution in [3.05, 3.63) is 23.3 Å². The van der Waals surface area contributed by atoms with Gasteiger partial charge in [-0.25, -0.2) is 0 Å². The lowest BCUT2D eigenvalue weighted by atomic mass is 9.97. The molecule has 18 heavy (non-hydrogen) atoms. The molecule has 0 bridgehead atoms. The van der Waals surface area contributed by atoms with E-state index in [-0.39, 0.29) is 0 Å². The van der Waals surface area contributed by atoms with Crippen LogP contribution in [0, 0.1) is 0 Å². The molecule has 1 aromatic rings. The fourth-order valence-electron chi connectivity index (χ4n) is 2.52. The van der Waals surface area contributed by atoms with Gasteiger partial charge in [0.05, 0.1) is 18.4 Å². The van der Waals surface area contributed by atoms with Crippen LogP contribution < -0.4 is 10.5 Å². The van der Waals surface area contributed by atoms with Crippen LogP contribution in [0.15, 0.2) is 12.1 Å².